The van der Waals surface area contributed by atoms with Crippen molar-refractivity contribution in [3.63, 3.8) is 0 Å². The zero-order valence-corrected chi connectivity index (χ0v) is 10.8. The van der Waals surface area contributed by atoms with Crippen LogP contribution in [0.1, 0.15) is 17.4 Å². The molecule has 3 aromatic rings. The highest BCUT2D eigenvalue weighted by Gasteiger charge is 2.18. The number of aromatic nitrogens is 1. The molecule has 2 heterocycles. The van der Waals surface area contributed by atoms with Crippen molar-refractivity contribution >= 4 is 22.6 Å². The van der Waals surface area contributed by atoms with Crippen LogP contribution in [0.5, 0.6) is 0 Å². The van der Waals surface area contributed by atoms with Crippen LogP contribution >= 0.6 is 11.6 Å². The van der Waals surface area contributed by atoms with E-state index in [1.165, 1.54) is 0 Å². The Balaban J connectivity index is 2.09. The Hall–Kier alpha value is -1.88. The quantitative estimate of drug-likeness (QED) is 0.569. The van der Waals surface area contributed by atoms with Crippen LogP contribution in [-0.4, -0.2) is 4.98 Å². The maximum atomic E-state index is 6.11. The van der Waals surface area contributed by atoms with E-state index in [4.69, 9.17) is 21.9 Å². The first-order valence-electron chi connectivity index (χ1n) is 5.83. The predicted octanol–water partition coefficient (Wildman–Crippen LogP) is 3.03. The molecule has 0 saturated heterocycles. The second-order valence-corrected chi connectivity index (χ2v) is 4.60. The van der Waals surface area contributed by atoms with Gasteiger partial charge >= 0.3 is 0 Å². The second kappa shape index (κ2) is 5.01. The molecular formula is C14H12ClN3O. The highest BCUT2D eigenvalue weighted by Crippen LogP contribution is 2.31. The lowest BCUT2D eigenvalue weighted by atomic mass is 10.1. The smallest absolute Gasteiger partial charge is 0.152 e. The van der Waals surface area contributed by atoms with Crippen molar-refractivity contribution in [3.8, 4) is 0 Å². The topological polar surface area (TPSA) is 64.1 Å². The van der Waals surface area contributed by atoms with Gasteiger partial charge in [0.2, 0.25) is 0 Å². The Morgan fingerprint density at radius 1 is 1.26 bits per heavy atom. The summed E-state index contributed by atoms with van der Waals surface area (Å²) in [6, 6.07) is 11.1. The van der Waals surface area contributed by atoms with Crippen LogP contribution in [0.15, 0.2) is 53.2 Å². The Morgan fingerprint density at radius 3 is 2.84 bits per heavy atom. The Labute approximate surface area is 115 Å². The van der Waals surface area contributed by atoms with E-state index >= 15 is 0 Å². The number of hydrogen-bond acceptors (Lipinski definition) is 4. The van der Waals surface area contributed by atoms with E-state index in [-0.39, 0.29) is 6.04 Å². The minimum atomic E-state index is -0.253. The van der Waals surface area contributed by atoms with Gasteiger partial charge in [-0.15, -0.1) is 0 Å². The highest BCUT2D eigenvalue weighted by molar-refractivity contribution is 6.34. The molecule has 0 aliphatic heterocycles. The van der Waals surface area contributed by atoms with Crippen LogP contribution in [0.25, 0.3) is 11.0 Å². The molecule has 3 N–H and O–H groups in total. The lowest BCUT2D eigenvalue weighted by Crippen LogP contribution is -2.28. The third-order valence-electron chi connectivity index (χ3n) is 2.98. The number of benzene rings is 1. The molecule has 4 nitrogen and oxygen atoms in total. The molecule has 1 aromatic carbocycles. The lowest BCUT2D eigenvalue weighted by molar-refractivity contribution is 0.476. The van der Waals surface area contributed by atoms with Crippen molar-refractivity contribution in [2.24, 2.45) is 5.84 Å². The molecule has 0 bridgehead atoms. The molecule has 0 fully saturated rings. The SMILES string of the molecule is NNC(c1cccnc1)c1cc2cccc(Cl)c2o1. The first-order valence-corrected chi connectivity index (χ1v) is 6.21. The summed E-state index contributed by atoms with van der Waals surface area (Å²) in [4.78, 5) is 4.09. The molecule has 0 aliphatic carbocycles. The van der Waals surface area contributed by atoms with Crippen LogP contribution in [0, 0.1) is 0 Å². The average Bonchev–Trinajstić information content (AvgIpc) is 2.86. The molecule has 0 amide bonds. The summed E-state index contributed by atoms with van der Waals surface area (Å²) < 4.78 is 5.80. The standard InChI is InChI=1S/C14H12ClN3O/c15-11-5-1-3-9-7-12(19-14(9)11)13(18-16)10-4-2-6-17-8-10/h1-8,13,18H,16H2. The van der Waals surface area contributed by atoms with Crippen LogP contribution in [0.3, 0.4) is 0 Å². The molecule has 2 aromatic heterocycles. The number of hydrazine groups is 1. The molecule has 0 radical (unpaired) electrons. The monoisotopic (exact) mass is 273 g/mol. The Morgan fingerprint density at radius 2 is 2.16 bits per heavy atom. The number of furan rings is 1. The van der Waals surface area contributed by atoms with Gasteiger partial charge in [-0.25, -0.2) is 5.43 Å². The molecule has 0 spiro atoms. The summed E-state index contributed by atoms with van der Waals surface area (Å²) in [5.74, 6) is 6.33. The average molecular weight is 274 g/mol. The van der Waals surface area contributed by atoms with Gasteiger partial charge < -0.3 is 4.42 Å². The number of rotatable bonds is 3. The van der Waals surface area contributed by atoms with E-state index < -0.39 is 0 Å². The van der Waals surface area contributed by atoms with Crippen molar-refractivity contribution < 1.29 is 4.42 Å². The van der Waals surface area contributed by atoms with Gasteiger partial charge in [-0.1, -0.05) is 29.8 Å². The lowest BCUT2D eigenvalue weighted by Gasteiger charge is -2.12. The van der Waals surface area contributed by atoms with Gasteiger partial charge in [-0.05, 0) is 23.8 Å². The third-order valence-corrected chi connectivity index (χ3v) is 3.28. The molecule has 5 heteroatoms. The summed E-state index contributed by atoms with van der Waals surface area (Å²) in [6.07, 6.45) is 3.46. The zero-order chi connectivity index (χ0) is 13.2. The molecule has 0 aliphatic rings. The summed E-state index contributed by atoms with van der Waals surface area (Å²) in [7, 11) is 0. The van der Waals surface area contributed by atoms with Crippen LogP contribution in [0.2, 0.25) is 5.02 Å². The Bertz CT molecular complexity index is 696. The first-order chi connectivity index (χ1) is 9.29. The third kappa shape index (κ3) is 2.21. The van der Waals surface area contributed by atoms with E-state index in [9.17, 15) is 0 Å². The summed E-state index contributed by atoms with van der Waals surface area (Å²) in [5, 5.41) is 1.54. The van der Waals surface area contributed by atoms with Gasteiger partial charge in [0, 0.05) is 17.8 Å². The van der Waals surface area contributed by atoms with E-state index in [0.717, 1.165) is 10.9 Å². The van der Waals surface area contributed by atoms with Crippen molar-refractivity contribution in [1.82, 2.24) is 10.4 Å². The Kier molecular flexibility index (Phi) is 3.21. The normalized spacial score (nSPS) is 12.7. The number of nitrogens with zero attached hydrogens (tertiary/aromatic N) is 1. The molecular weight excluding hydrogens is 262 g/mol. The fourth-order valence-corrected chi connectivity index (χ4v) is 2.30. The zero-order valence-electron chi connectivity index (χ0n) is 10.0. The van der Waals surface area contributed by atoms with E-state index in [1.54, 1.807) is 18.5 Å². The summed E-state index contributed by atoms with van der Waals surface area (Å²) in [5.41, 5.74) is 4.34. The molecule has 1 unspecified atom stereocenters. The summed E-state index contributed by atoms with van der Waals surface area (Å²) in [6.45, 7) is 0. The van der Waals surface area contributed by atoms with Crippen molar-refractivity contribution in [2.45, 2.75) is 6.04 Å². The number of halogens is 1. The molecule has 0 saturated carbocycles. The number of nitrogens with one attached hydrogen (secondary N) is 1. The number of pyridine rings is 1. The van der Waals surface area contributed by atoms with Gasteiger partial charge in [0.1, 0.15) is 11.8 Å². The van der Waals surface area contributed by atoms with Gasteiger partial charge in [0.05, 0.1) is 5.02 Å². The van der Waals surface area contributed by atoms with Gasteiger partial charge in [-0.3, -0.25) is 10.8 Å². The molecule has 96 valence electrons. The number of fused-ring (bicyclic) bond motifs is 1. The van der Waals surface area contributed by atoms with Crippen LogP contribution < -0.4 is 11.3 Å². The van der Waals surface area contributed by atoms with Gasteiger partial charge in [0.25, 0.3) is 0 Å². The molecule has 19 heavy (non-hydrogen) atoms. The fraction of sp³-hybridized carbons (Fsp3) is 0.0714. The van der Waals surface area contributed by atoms with E-state index in [0.29, 0.717) is 16.4 Å². The fourth-order valence-electron chi connectivity index (χ4n) is 2.08. The first kappa shape index (κ1) is 12.2. The molecule has 1 atom stereocenters. The van der Waals surface area contributed by atoms with Crippen molar-refractivity contribution in [1.29, 1.82) is 0 Å². The van der Waals surface area contributed by atoms with Crippen LogP contribution in [-0.2, 0) is 0 Å². The van der Waals surface area contributed by atoms with E-state index in [1.807, 2.05) is 30.3 Å². The van der Waals surface area contributed by atoms with E-state index in [2.05, 4.69) is 10.4 Å². The van der Waals surface area contributed by atoms with Crippen molar-refractivity contribution in [2.75, 3.05) is 0 Å². The van der Waals surface area contributed by atoms with Gasteiger partial charge in [0.15, 0.2) is 5.58 Å². The summed E-state index contributed by atoms with van der Waals surface area (Å²) >= 11 is 6.11. The van der Waals surface area contributed by atoms with Crippen molar-refractivity contribution in [3.05, 3.63) is 65.1 Å². The second-order valence-electron chi connectivity index (χ2n) is 4.19. The maximum Gasteiger partial charge on any atom is 0.152 e. The predicted molar refractivity (Wildman–Crippen MR) is 74.6 cm³/mol. The van der Waals surface area contributed by atoms with Crippen LogP contribution in [0.4, 0.5) is 0 Å². The number of hydrogen-bond donors (Lipinski definition) is 2. The largest absolute Gasteiger partial charge is 0.457 e. The molecule has 3 rings (SSSR count). The minimum Gasteiger partial charge on any atom is -0.457 e. The van der Waals surface area contributed by atoms with Gasteiger partial charge in [-0.2, -0.15) is 0 Å². The number of para-hydroxylation sites is 1. The number of nitrogens with two attached hydrogens (primary N) is 1. The highest BCUT2D eigenvalue weighted by atomic mass is 35.5. The maximum absolute atomic E-state index is 6.11. The minimum absolute atomic E-state index is 0.253.